The van der Waals surface area contributed by atoms with E-state index in [4.69, 9.17) is 27.2 Å². The minimum atomic E-state index is -4.79. The molecule has 1 atom stereocenters. The summed E-state index contributed by atoms with van der Waals surface area (Å²) in [4.78, 5) is 59.7. The van der Waals surface area contributed by atoms with Crippen molar-refractivity contribution in [3.05, 3.63) is 58.1 Å². The minimum Gasteiger partial charge on any atom is -0.480 e. The van der Waals surface area contributed by atoms with E-state index in [0.717, 1.165) is 23.7 Å². The molecule has 2 aromatic carbocycles. The van der Waals surface area contributed by atoms with Crippen LogP contribution in [0.3, 0.4) is 0 Å². The highest BCUT2D eigenvalue weighted by molar-refractivity contribution is 6.33. The number of nitrogens with two attached hydrogens (primary N) is 1. The van der Waals surface area contributed by atoms with Crippen molar-refractivity contribution in [1.29, 1.82) is 0 Å². The highest BCUT2D eigenvalue weighted by atomic mass is 35.5. The summed E-state index contributed by atoms with van der Waals surface area (Å²) in [5.74, 6) is -1.38. The molecule has 4 N–H and O–H groups in total. The first-order valence-electron chi connectivity index (χ1n) is 18.3. The maximum absolute atomic E-state index is 14.0. The van der Waals surface area contributed by atoms with Crippen molar-refractivity contribution >= 4 is 47.4 Å². The van der Waals surface area contributed by atoms with Crippen LogP contribution in [0.2, 0.25) is 5.02 Å². The molecule has 3 aliphatic heterocycles. The van der Waals surface area contributed by atoms with Gasteiger partial charge in [-0.25, -0.2) is 4.79 Å². The molecule has 2 aromatic rings. The third-order valence-electron chi connectivity index (χ3n) is 10.7. The maximum atomic E-state index is 14.0. The lowest BCUT2D eigenvalue weighted by Crippen LogP contribution is -2.55. The molecular formula is C37H49ClF3N7O6. The minimum absolute atomic E-state index is 0.00749. The van der Waals surface area contributed by atoms with Crippen molar-refractivity contribution < 1.29 is 42.2 Å². The molecule has 54 heavy (non-hydrogen) atoms. The monoisotopic (exact) mass is 779 g/mol. The number of ether oxygens (including phenoxy) is 1. The van der Waals surface area contributed by atoms with E-state index in [1.807, 2.05) is 36.2 Å². The second-order valence-corrected chi connectivity index (χ2v) is 14.5. The van der Waals surface area contributed by atoms with Crippen molar-refractivity contribution in [3.63, 3.8) is 0 Å². The Hall–Kier alpha value is -4.28. The fourth-order valence-electron chi connectivity index (χ4n) is 7.68. The number of halogens is 4. The number of likely N-dealkylation sites (tertiary alicyclic amines) is 2. The number of piperidine rings is 2. The molecular weight excluding hydrogens is 731 g/mol. The Morgan fingerprint density at radius 3 is 2.28 bits per heavy atom. The van der Waals surface area contributed by atoms with Crippen LogP contribution < -0.4 is 11.1 Å². The fraction of sp³-hybridized carbons (Fsp3) is 0.568. The Kier molecular flexibility index (Phi) is 13.9. The lowest BCUT2D eigenvalue weighted by molar-refractivity contribution is -0.142. The standard InChI is InChI=1S/C37H49ClF3N7O6/c1-43-31-5-3-2-4-26(31)6-11-48(24-49)28-9-14-47(15-10-28)36(53)54-32(22-25-20-29(37(39,40)41)34(42)30(38)21-25)35(52)46-12-7-27(8-13-46)45-18-16-44(17-19-45)23-33(50)51/h2-5,20-21,24,27-28,32,43H,6-19,22-23,42H2,1H3,(H,50,51)/t32-/m1/s1. The average molecular weight is 780 g/mol. The summed E-state index contributed by atoms with van der Waals surface area (Å²) in [5, 5.41) is 11.9. The molecule has 0 aromatic heterocycles. The lowest BCUT2D eigenvalue weighted by Gasteiger charge is -2.43. The van der Waals surface area contributed by atoms with Crippen LogP contribution in [0.25, 0.3) is 0 Å². The number of alkyl halides is 3. The summed E-state index contributed by atoms with van der Waals surface area (Å²) >= 11 is 6.11. The number of rotatable bonds is 13. The van der Waals surface area contributed by atoms with E-state index in [0.29, 0.717) is 77.9 Å². The van der Waals surface area contributed by atoms with Gasteiger partial charge in [-0.05, 0) is 61.4 Å². The molecule has 3 aliphatic rings. The molecule has 3 fully saturated rings. The second-order valence-electron chi connectivity index (χ2n) is 14.1. The van der Waals surface area contributed by atoms with Crippen LogP contribution in [0, 0.1) is 0 Å². The fourth-order valence-corrected chi connectivity index (χ4v) is 7.92. The molecule has 13 nitrogen and oxygen atoms in total. The molecule has 5 rings (SSSR count). The smallest absolute Gasteiger partial charge is 0.418 e. The van der Waals surface area contributed by atoms with Crippen molar-refractivity contribution in [2.75, 3.05) is 83.5 Å². The Bertz CT molecular complexity index is 1630. The molecule has 0 unspecified atom stereocenters. The van der Waals surface area contributed by atoms with Gasteiger partial charge in [-0.15, -0.1) is 0 Å². The summed E-state index contributed by atoms with van der Waals surface area (Å²) < 4.78 is 47.3. The Morgan fingerprint density at radius 1 is 1.02 bits per heavy atom. The summed E-state index contributed by atoms with van der Waals surface area (Å²) in [7, 11) is 1.84. The van der Waals surface area contributed by atoms with Crippen LogP contribution in [0.4, 0.5) is 29.3 Å². The lowest BCUT2D eigenvalue weighted by atomic mass is 9.99. The van der Waals surface area contributed by atoms with E-state index in [1.54, 1.807) is 9.80 Å². The van der Waals surface area contributed by atoms with Crippen LogP contribution in [0.15, 0.2) is 36.4 Å². The zero-order valence-electron chi connectivity index (χ0n) is 30.4. The Balaban J connectivity index is 1.22. The number of nitrogens with zero attached hydrogens (tertiary/aromatic N) is 5. The van der Waals surface area contributed by atoms with Gasteiger partial charge in [0.05, 0.1) is 22.8 Å². The zero-order chi connectivity index (χ0) is 39.0. The molecule has 3 heterocycles. The summed E-state index contributed by atoms with van der Waals surface area (Å²) in [6, 6.07) is 10.0. The first-order chi connectivity index (χ1) is 25.8. The number of nitrogens with one attached hydrogen (secondary N) is 1. The Morgan fingerprint density at radius 2 is 1.67 bits per heavy atom. The highest BCUT2D eigenvalue weighted by Crippen LogP contribution is 2.38. The van der Waals surface area contributed by atoms with Crippen molar-refractivity contribution in [1.82, 2.24) is 24.5 Å². The van der Waals surface area contributed by atoms with Gasteiger partial charge in [0.25, 0.3) is 5.91 Å². The number of carbonyl (C=O) groups excluding carboxylic acids is 3. The molecule has 0 aliphatic carbocycles. The maximum Gasteiger partial charge on any atom is 0.418 e. The van der Waals surface area contributed by atoms with E-state index < -0.39 is 41.5 Å². The first-order valence-corrected chi connectivity index (χ1v) is 18.7. The van der Waals surface area contributed by atoms with Gasteiger partial charge < -0.3 is 35.6 Å². The number of amides is 3. The number of hydrogen-bond donors (Lipinski definition) is 3. The normalized spacial score (nSPS) is 18.6. The molecule has 0 bridgehead atoms. The van der Waals surface area contributed by atoms with Gasteiger partial charge in [0.2, 0.25) is 6.41 Å². The first kappa shape index (κ1) is 40.9. The summed E-state index contributed by atoms with van der Waals surface area (Å²) in [6.45, 7) is 4.39. The predicted molar refractivity (Wildman–Crippen MR) is 197 cm³/mol. The van der Waals surface area contributed by atoms with Crippen LogP contribution >= 0.6 is 11.6 Å². The second kappa shape index (κ2) is 18.4. The van der Waals surface area contributed by atoms with Gasteiger partial charge in [0.15, 0.2) is 6.10 Å². The number of anilines is 2. The number of carboxylic acid groups (broad SMARTS) is 1. The number of benzene rings is 2. The van der Waals surface area contributed by atoms with Crippen LogP contribution in [-0.2, 0) is 38.1 Å². The molecule has 3 saturated heterocycles. The number of para-hydroxylation sites is 1. The van der Waals surface area contributed by atoms with Gasteiger partial charge in [-0.3, -0.25) is 24.2 Å². The number of nitrogen functional groups attached to an aromatic ring is 1. The largest absolute Gasteiger partial charge is 0.480 e. The summed E-state index contributed by atoms with van der Waals surface area (Å²) in [6.07, 6.45) is -3.61. The van der Waals surface area contributed by atoms with Crippen LogP contribution in [0.5, 0.6) is 0 Å². The average Bonchev–Trinajstić information content (AvgIpc) is 3.16. The highest BCUT2D eigenvalue weighted by Gasteiger charge is 2.38. The van der Waals surface area contributed by atoms with Gasteiger partial charge in [0, 0.05) is 90.1 Å². The molecule has 0 saturated carbocycles. The summed E-state index contributed by atoms with van der Waals surface area (Å²) in [5.41, 5.74) is 5.99. The van der Waals surface area contributed by atoms with E-state index in [9.17, 15) is 32.3 Å². The van der Waals surface area contributed by atoms with Gasteiger partial charge >= 0.3 is 18.2 Å². The Labute approximate surface area is 318 Å². The number of aliphatic carboxylic acids is 1. The molecule has 0 spiro atoms. The van der Waals surface area contributed by atoms with Gasteiger partial charge in [0.1, 0.15) is 0 Å². The SMILES string of the molecule is CNc1ccccc1CCN(C=O)C1CCN(C(=O)O[C@H](Cc2cc(Cl)c(N)c(C(F)(F)F)c2)C(=O)N2CCC(N3CCN(CC(=O)O)CC3)CC2)CC1. The molecule has 3 amide bonds. The van der Waals surface area contributed by atoms with Gasteiger partial charge in [-0.1, -0.05) is 29.8 Å². The van der Waals surface area contributed by atoms with E-state index >= 15 is 0 Å². The van der Waals surface area contributed by atoms with Crippen molar-refractivity contribution in [2.45, 2.75) is 62.9 Å². The number of piperazine rings is 1. The van der Waals surface area contributed by atoms with E-state index in [-0.39, 0.29) is 48.7 Å². The molecule has 17 heteroatoms. The van der Waals surface area contributed by atoms with E-state index in [2.05, 4.69) is 10.2 Å². The molecule has 296 valence electrons. The van der Waals surface area contributed by atoms with Gasteiger partial charge in [-0.2, -0.15) is 13.2 Å². The van der Waals surface area contributed by atoms with Crippen LogP contribution in [-0.4, -0.2) is 145 Å². The quantitative estimate of drug-likeness (QED) is 0.202. The van der Waals surface area contributed by atoms with Crippen molar-refractivity contribution in [2.24, 2.45) is 0 Å². The molecule has 0 radical (unpaired) electrons. The topological polar surface area (TPSA) is 152 Å². The van der Waals surface area contributed by atoms with Crippen LogP contribution in [0.1, 0.15) is 42.4 Å². The predicted octanol–water partition coefficient (Wildman–Crippen LogP) is 3.89. The third kappa shape index (κ3) is 10.5. The number of hydrogen-bond acceptors (Lipinski definition) is 9. The zero-order valence-corrected chi connectivity index (χ0v) is 31.2. The van der Waals surface area contributed by atoms with E-state index in [1.165, 1.54) is 11.0 Å². The number of carbonyl (C=O) groups is 4. The number of carboxylic acids is 1. The third-order valence-corrected chi connectivity index (χ3v) is 11.1. The van der Waals surface area contributed by atoms with Crippen molar-refractivity contribution in [3.8, 4) is 0 Å².